The number of nitro benzene ring substituents is 1. The zero-order valence-electron chi connectivity index (χ0n) is 11.7. The lowest BCUT2D eigenvalue weighted by Gasteiger charge is -2.00. The van der Waals surface area contributed by atoms with Gasteiger partial charge in [0.15, 0.2) is 0 Å². The quantitative estimate of drug-likeness (QED) is 0.394. The fraction of sp³-hybridized carbons (Fsp3) is 0. The number of para-hydroxylation sites is 1. The molecule has 2 aromatic rings. The van der Waals surface area contributed by atoms with Crippen LogP contribution in [-0.4, -0.2) is 22.0 Å². The molecule has 1 amide bonds. The van der Waals surface area contributed by atoms with E-state index in [2.05, 4.69) is 15.5 Å². The normalized spacial score (nSPS) is 11.0. The molecule has 0 aliphatic carbocycles. The third-order valence-corrected chi connectivity index (χ3v) is 3.04. The largest absolute Gasteiger partial charge is 0.276 e. The van der Waals surface area contributed by atoms with Gasteiger partial charge in [-0.2, -0.15) is 5.10 Å². The van der Waals surface area contributed by atoms with E-state index in [1.165, 1.54) is 36.7 Å². The Balaban J connectivity index is 1.99. The molecule has 0 aliphatic rings. The van der Waals surface area contributed by atoms with Crippen molar-refractivity contribution in [2.24, 2.45) is 5.10 Å². The number of hydrogen-bond donors (Lipinski definition) is 1. The number of aromatic nitrogens is 1. The van der Waals surface area contributed by atoms with Gasteiger partial charge < -0.3 is 0 Å². The summed E-state index contributed by atoms with van der Waals surface area (Å²) in [5, 5.41) is 14.6. The summed E-state index contributed by atoms with van der Waals surface area (Å²) in [4.78, 5) is 25.9. The minimum absolute atomic E-state index is 0.0108. The summed E-state index contributed by atoms with van der Waals surface area (Å²) in [7, 11) is 0. The Bertz CT molecular complexity index is 790. The molecule has 1 N–H and O–H groups in total. The number of halogens is 1. The van der Waals surface area contributed by atoms with E-state index in [0.717, 1.165) is 0 Å². The van der Waals surface area contributed by atoms with Crippen LogP contribution >= 0.6 is 11.6 Å². The molecule has 0 unspecified atom stereocenters. The molecule has 1 aromatic heterocycles. The molecule has 0 atom stereocenters. The molecule has 0 spiro atoms. The third-order valence-electron chi connectivity index (χ3n) is 2.74. The Morgan fingerprint density at radius 2 is 2.09 bits per heavy atom. The number of nitrogens with one attached hydrogen (secondary N) is 1. The van der Waals surface area contributed by atoms with Crippen molar-refractivity contribution in [2.45, 2.75) is 0 Å². The third kappa shape index (κ3) is 4.45. The van der Waals surface area contributed by atoms with Crippen LogP contribution in [0, 0.1) is 10.1 Å². The Labute approximate surface area is 136 Å². The van der Waals surface area contributed by atoms with E-state index in [4.69, 9.17) is 11.6 Å². The second-order valence-corrected chi connectivity index (χ2v) is 4.59. The van der Waals surface area contributed by atoms with Crippen molar-refractivity contribution in [1.29, 1.82) is 0 Å². The summed E-state index contributed by atoms with van der Waals surface area (Å²) < 4.78 is 0. The molecule has 0 aliphatic heterocycles. The van der Waals surface area contributed by atoms with Crippen molar-refractivity contribution < 1.29 is 9.72 Å². The second-order valence-electron chi connectivity index (χ2n) is 4.24. The highest BCUT2D eigenvalue weighted by Crippen LogP contribution is 2.18. The molecule has 2 rings (SSSR count). The molecule has 7 nitrogen and oxygen atoms in total. The summed E-state index contributed by atoms with van der Waals surface area (Å²) in [6, 6.07) is 9.39. The predicted octanol–water partition coefficient (Wildman–Crippen LogP) is 3.07. The van der Waals surface area contributed by atoms with Crippen LogP contribution in [0.1, 0.15) is 15.9 Å². The van der Waals surface area contributed by atoms with Crippen molar-refractivity contribution in [2.75, 3.05) is 0 Å². The maximum atomic E-state index is 11.8. The van der Waals surface area contributed by atoms with Crippen molar-refractivity contribution in [3.8, 4) is 0 Å². The van der Waals surface area contributed by atoms with Gasteiger partial charge in [-0.1, -0.05) is 23.7 Å². The van der Waals surface area contributed by atoms with Gasteiger partial charge in [0.2, 0.25) is 0 Å². The van der Waals surface area contributed by atoms with Crippen LogP contribution in [0.2, 0.25) is 5.15 Å². The molecular formula is C15H11ClN4O3. The minimum Gasteiger partial charge on any atom is -0.267 e. The average Bonchev–Trinajstić information content (AvgIpc) is 2.55. The summed E-state index contributed by atoms with van der Waals surface area (Å²) in [6.07, 6.45) is 5.77. The van der Waals surface area contributed by atoms with Crippen molar-refractivity contribution in [3.05, 3.63) is 75.1 Å². The maximum absolute atomic E-state index is 11.8. The molecule has 1 heterocycles. The molecule has 0 radical (unpaired) electrons. The van der Waals surface area contributed by atoms with Gasteiger partial charge in [-0.15, -0.1) is 0 Å². The maximum Gasteiger partial charge on any atom is 0.276 e. The van der Waals surface area contributed by atoms with Crippen LogP contribution in [0.3, 0.4) is 0 Å². The highest BCUT2D eigenvalue weighted by Gasteiger charge is 2.09. The first-order chi connectivity index (χ1) is 11.1. The smallest absolute Gasteiger partial charge is 0.267 e. The summed E-state index contributed by atoms with van der Waals surface area (Å²) in [5.41, 5.74) is 2.91. The van der Waals surface area contributed by atoms with Crippen LogP contribution < -0.4 is 5.43 Å². The van der Waals surface area contributed by atoms with E-state index >= 15 is 0 Å². The zero-order valence-corrected chi connectivity index (χ0v) is 12.5. The number of nitrogens with zero attached hydrogens (tertiary/aromatic N) is 3. The van der Waals surface area contributed by atoms with Crippen molar-refractivity contribution in [3.63, 3.8) is 0 Å². The molecule has 0 fully saturated rings. The first-order valence-corrected chi connectivity index (χ1v) is 6.81. The van der Waals surface area contributed by atoms with Gasteiger partial charge in [-0.05, 0) is 30.4 Å². The summed E-state index contributed by atoms with van der Waals surface area (Å²) >= 11 is 5.78. The lowest BCUT2D eigenvalue weighted by molar-refractivity contribution is -0.385. The highest BCUT2D eigenvalue weighted by molar-refractivity contribution is 6.32. The molecule has 116 valence electrons. The number of pyridine rings is 1. The molecular weight excluding hydrogens is 320 g/mol. The number of hydrazone groups is 1. The summed E-state index contributed by atoms with van der Waals surface area (Å²) in [6.45, 7) is 0. The molecule has 0 saturated heterocycles. The fourth-order valence-electron chi connectivity index (χ4n) is 1.70. The van der Waals surface area contributed by atoms with E-state index in [1.54, 1.807) is 24.3 Å². The van der Waals surface area contributed by atoms with E-state index < -0.39 is 10.8 Å². The first kappa shape index (κ1) is 16.3. The lowest BCUT2D eigenvalue weighted by Crippen LogP contribution is -2.18. The number of carbonyl (C=O) groups is 1. The topological polar surface area (TPSA) is 97.5 Å². The molecule has 23 heavy (non-hydrogen) atoms. The number of nitro groups is 1. The number of benzene rings is 1. The van der Waals surface area contributed by atoms with Gasteiger partial charge in [-0.25, -0.2) is 10.4 Å². The molecule has 0 saturated carbocycles. The van der Waals surface area contributed by atoms with E-state index in [1.807, 2.05) is 0 Å². The minimum atomic E-state index is -0.501. The number of amides is 1. The standard InChI is InChI=1S/C15H11ClN4O3/c16-14-12(7-4-9-17-14)15(21)19-18-10-3-6-11-5-1-2-8-13(11)20(22)23/h1-10H,(H,19,21). The number of hydrogen-bond acceptors (Lipinski definition) is 5. The van der Waals surface area contributed by atoms with E-state index in [0.29, 0.717) is 5.56 Å². The van der Waals surface area contributed by atoms with Gasteiger partial charge in [0.05, 0.1) is 16.1 Å². The van der Waals surface area contributed by atoms with Crippen molar-refractivity contribution in [1.82, 2.24) is 10.4 Å². The van der Waals surface area contributed by atoms with Crippen LogP contribution in [0.25, 0.3) is 6.08 Å². The predicted molar refractivity (Wildman–Crippen MR) is 87.3 cm³/mol. The molecule has 8 heteroatoms. The van der Waals surface area contributed by atoms with E-state index in [-0.39, 0.29) is 16.4 Å². The first-order valence-electron chi connectivity index (χ1n) is 6.43. The number of allylic oxidation sites excluding steroid dienone is 1. The Kier molecular flexibility index (Phi) is 5.54. The SMILES string of the molecule is O=C(NN=CC=Cc1ccccc1[N+](=O)[O-])c1cccnc1Cl. The van der Waals surface area contributed by atoms with Gasteiger partial charge >= 0.3 is 0 Å². The lowest BCUT2D eigenvalue weighted by atomic mass is 10.2. The van der Waals surface area contributed by atoms with Gasteiger partial charge in [-0.3, -0.25) is 14.9 Å². The monoisotopic (exact) mass is 330 g/mol. The van der Waals surface area contributed by atoms with Crippen molar-refractivity contribution >= 4 is 35.5 Å². The second kappa shape index (κ2) is 7.81. The Hall–Kier alpha value is -3.06. The van der Waals surface area contributed by atoms with Gasteiger partial charge in [0.1, 0.15) is 5.15 Å². The highest BCUT2D eigenvalue weighted by atomic mass is 35.5. The number of carbonyl (C=O) groups excluding carboxylic acids is 1. The van der Waals surface area contributed by atoms with Crippen LogP contribution in [0.5, 0.6) is 0 Å². The van der Waals surface area contributed by atoms with Crippen LogP contribution in [-0.2, 0) is 0 Å². The van der Waals surface area contributed by atoms with Gasteiger partial charge in [0.25, 0.3) is 11.6 Å². The molecule has 0 bridgehead atoms. The Morgan fingerprint density at radius 1 is 1.30 bits per heavy atom. The van der Waals surface area contributed by atoms with E-state index in [9.17, 15) is 14.9 Å². The van der Waals surface area contributed by atoms with Crippen LogP contribution in [0.4, 0.5) is 5.69 Å². The summed E-state index contributed by atoms with van der Waals surface area (Å²) in [5.74, 6) is -0.501. The molecule has 1 aromatic carbocycles. The number of rotatable bonds is 5. The Morgan fingerprint density at radius 3 is 2.83 bits per heavy atom. The zero-order chi connectivity index (χ0) is 16.7. The van der Waals surface area contributed by atoms with Gasteiger partial charge in [0, 0.05) is 18.5 Å². The fourth-order valence-corrected chi connectivity index (χ4v) is 1.90. The van der Waals surface area contributed by atoms with Crippen LogP contribution in [0.15, 0.2) is 53.8 Å². The average molecular weight is 331 g/mol.